The third-order valence-corrected chi connectivity index (χ3v) is 1.61. The van der Waals surface area contributed by atoms with Gasteiger partial charge in [0.05, 0.1) is 0 Å². The molecule has 0 saturated carbocycles. The summed E-state index contributed by atoms with van der Waals surface area (Å²) in [6.07, 6.45) is 5.21. The zero-order valence-electron chi connectivity index (χ0n) is 8.15. The molecule has 0 aromatic heterocycles. The van der Waals surface area contributed by atoms with E-state index >= 15 is 0 Å². The molecule has 70 valence electrons. The van der Waals surface area contributed by atoms with E-state index in [1.807, 2.05) is 0 Å². The van der Waals surface area contributed by atoms with Gasteiger partial charge in [-0.25, -0.2) is 0 Å². The molecule has 0 saturated heterocycles. The van der Waals surface area contributed by atoms with Crippen molar-refractivity contribution in [2.75, 3.05) is 0 Å². The van der Waals surface area contributed by atoms with E-state index in [1.54, 1.807) is 6.92 Å². The van der Waals surface area contributed by atoms with E-state index in [4.69, 9.17) is 0 Å². The van der Waals surface area contributed by atoms with Gasteiger partial charge in [0, 0.05) is 12.1 Å². The molecule has 1 amide bonds. The molecule has 2 nitrogen and oxygen atoms in total. The molecule has 0 aromatic carbocycles. The Bertz CT molecular complexity index is 152. The predicted molar refractivity (Wildman–Crippen MR) is 51.7 cm³/mol. The number of rotatable bonds is 6. The minimum atomic E-state index is 0.0959. The lowest BCUT2D eigenvalue weighted by atomic mass is 10.1. The highest BCUT2D eigenvalue weighted by Gasteiger charge is 1.98. The first-order valence-electron chi connectivity index (χ1n) is 4.62. The normalized spacial score (nSPS) is 9.50. The zero-order chi connectivity index (χ0) is 9.40. The van der Waals surface area contributed by atoms with Gasteiger partial charge in [-0.15, -0.1) is 0 Å². The molecule has 0 atom stereocenters. The number of nitrogens with one attached hydrogen (secondary N) is 1. The lowest BCUT2D eigenvalue weighted by Crippen LogP contribution is -2.19. The molecule has 0 heterocycles. The van der Waals surface area contributed by atoms with Gasteiger partial charge in [-0.3, -0.25) is 4.79 Å². The Morgan fingerprint density at radius 2 is 2.00 bits per heavy atom. The van der Waals surface area contributed by atoms with Crippen LogP contribution in [0.1, 0.15) is 46.0 Å². The second kappa shape index (κ2) is 6.89. The van der Waals surface area contributed by atoms with E-state index in [0.717, 1.165) is 18.5 Å². The monoisotopic (exact) mass is 169 g/mol. The van der Waals surface area contributed by atoms with Crippen LogP contribution in [0.5, 0.6) is 0 Å². The number of hydrogen-bond donors (Lipinski definition) is 1. The number of amides is 1. The summed E-state index contributed by atoms with van der Waals surface area (Å²) < 4.78 is 0. The van der Waals surface area contributed by atoms with E-state index < -0.39 is 0 Å². The molecule has 0 fully saturated rings. The Labute approximate surface area is 75.0 Å². The fourth-order valence-electron chi connectivity index (χ4n) is 1.01. The topological polar surface area (TPSA) is 29.1 Å². The number of carbonyl (C=O) groups is 1. The summed E-state index contributed by atoms with van der Waals surface area (Å²) >= 11 is 0. The van der Waals surface area contributed by atoms with Crippen molar-refractivity contribution in [3.63, 3.8) is 0 Å². The number of hydrogen-bond acceptors (Lipinski definition) is 1. The predicted octanol–water partition coefficient (Wildman–Crippen LogP) is 2.61. The van der Waals surface area contributed by atoms with Crippen molar-refractivity contribution in [1.29, 1.82) is 0 Å². The first-order chi connectivity index (χ1) is 5.66. The lowest BCUT2D eigenvalue weighted by molar-refractivity contribution is -0.120. The standard InChI is InChI=1S/C10H19NO/c1-4-5-6-7-8-10(12)11-9(2)3/h2,4-8H2,1,3H3,(H,11,12). The van der Waals surface area contributed by atoms with E-state index in [9.17, 15) is 4.79 Å². The van der Waals surface area contributed by atoms with Gasteiger partial charge in [-0.1, -0.05) is 32.8 Å². The molecule has 0 aliphatic rings. The summed E-state index contributed by atoms with van der Waals surface area (Å²) in [6, 6.07) is 0. The Morgan fingerprint density at radius 3 is 2.50 bits per heavy atom. The zero-order valence-corrected chi connectivity index (χ0v) is 8.15. The second-order valence-corrected chi connectivity index (χ2v) is 3.14. The fourth-order valence-corrected chi connectivity index (χ4v) is 1.01. The van der Waals surface area contributed by atoms with Crippen LogP contribution in [0.2, 0.25) is 0 Å². The van der Waals surface area contributed by atoms with Crippen molar-refractivity contribution < 1.29 is 4.79 Å². The first-order valence-corrected chi connectivity index (χ1v) is 4.62. The van der Waals surface area contributed by atoms with Crippen molar-refractivity contribution in [1.82, 2.24) is 5.32 Å². The SMILES string of the molecule is C=C(C)NC(=O)CCCCCC. The molecule has 0 aromatic rings. The van der Waals surface area contributed by atoms with Crippen molar-refractivity contribution in [3.05, 3.63) is 12.3 Å². The van der Waals surface area contributed by atoms with Crippen LogP contribution in [0.25, 0.3) is 0 Å². The van der Waals surface area contributed by atoms with Gasteiger partial charge in [0.15, 0.2) is 0 Å². The van der Waals surface area contributed by atoms with Gasteiger partial charge < -0.3 is 5.32 Å². The average molecular weight is 169 g/mol. The van der Waals surface area contributed by atoms with Gasteiger partial charge >= 0.3 is 0 Å². The molecule has 0 spiro atoms. The van der Waals surface area contributed by atoms with Crippen LogP contribution >= 0.6 is 0 Å². The first kappa shape index (κ1) is 11.2. The largest absolute Gasteiger partial charge is 0.331 e. The summed E-state index contributed by atoms with van der Waals surface area (Å²) in [5.74, 6) is 0.0959. The number of allylic oxidation sites excluding steroid dienone is 1. The minimum Gasteiger partial charge on any atom is -0.331 e. The fraction of sp³-hybridized carbons (Fsp3) is 0.700. The van der Waals surface area contributed by atoms with Gasteiger partial charge in [0.2, 0.25) is 5.91 Å². The van der Waals surface area contributed by atoms with Crippen LogP contribution in [-0.2, 0) is 4.79 Å². The Kier molecular flexibility index (Phi) is 6.44. The molecular formula is C10H19NO. The van der Waals surface area contributed by atoms with E-state index in [2.05, 4.69) is 18.8 Å². The van der Waals surface area contributed by atoms with Crippen LogP contribution in [0.15, 0.2) is 12.3 Å². The van der Waals surface area contributed by atoms with Crippen molar-refractivity contribution in [2.24, 2.45) is 0 Å². The van der Waals surface area contributed by atoms with Crippen molar-refractivity contribution >= 4 is 5.91 Å². The smallest absolute Gasteiger partial charge is 0.224 e. The molecule has 0 bridgehead atoms. The Morgan fingerprint density at radius 1 is 1.33 bits per heavy atom. The van der Waals surface area contributed by atoms with Gasteiger partial charge in [-0.2, -0.15) is 0 Å². The highest BCUT2D eigenvalue weighted by Crippen LogP contribution is 2.02. The molecule has 0 aliphatic carbocycles. The Hall–Kier alpha value is -0.790. The second-order valence-electron chi connectivity index (χ2n) is 3.14. The maximum absolute atomic E-state index is 11.0. The molecule has 0 radical (unpaired) electrons. The van der Waals surface area contributed by atoms with Crippen LogP contribution in [0.3, 0.4) is 0 Å². The lowest BCUT2D eigenvalue weighted by Gasteiger charge is -2.02. The number of carbonyl (C=O) groups excluding carboxylic acids is 1. The van der Waals surface area contributed by atoms with Gasteiger partial charge in [0.1, 0.15) is 0 Å². The maximum Gasteiger partial charge on any atom is 0.224 e. The molecule has 1 N–H and O–H groups in total. The highest BCUT2D eigenvalue weighted by molar-refractivity contribution is 5.77. The molecule has 0 aliphatic heterocycles. The molecular weight excluding hydrogens is 150 g/mol. The maximum atomic E-state index is 11.0. The molecule has 0 unspecified atom stereocenters. The van der Waals surface area contributed by atoms with Crippen LogP contribution in [0.4, 0.5) is 0 Å². The number of unbranched alkanes of at least 4 members (excludes halogenated alkanes) is 3. The summed E-state index contributed by atoms with van der Waals surface area (Å²) in [7, 11) is 0. The van der Waals surface area contributed by atoms with E-state index in [1.165, 1.54) is 12.8 Å². The Balaban J connectivity index is 3.26. The molecule has 2 heteroatoms. The summed E-state index contributed by atoms with van der Waals surface area (Å²) in [6.45, 7) is 7.56. The summed E-state index contributed by atoms with van der Waals surface area (Å²) in [5.41, 5.74) is 0.732. The van der Waals surface area contributed by atoms with E-state index in [-0.39, 0.29) is 5.91 Å². The molecule has 0 rings (SSSR count). The van der Waals surface area contributed by atoms with Crippen LogP contribution < -0.4 is 5.32 Å². The molecule has 12 heavy (non-hydrogen) atoms. The van der Waals surface area contributed by atoms with Gasteiger partial charge in [0.25, 0.3) is 0 Å². The third-order valence-electron chi connectivity index (χ3n) is 1.61. The average Bonchev–Trinajstić information content (AvgIpc) is 1.97. The van der Waals surface area contributed by atoms with Crippen LogP contribution in [-0.4, -0.2) is 5.91 Å². The quantitative estimate of drug-likeness (QED) is 0.608. The van der Waals surface area contributed by atoms with Crippen molar-refractivity contribution in [2.45, 2.75) is 46.0 Å². The third kappa shape index (κ3) is 7.32. The highest BCUT2D eigenvalue weighted by atomic mass is 16.1. The minimum absolute atomic E-state index is 0.0959. The van der Waals surface area contributed by atoms with Crippen molar-refractivity contribution in [3.8, 4) is 0 Å². The summed E-state index contributed by atoms with van der Waals surface area (Å²) in [5, 5.41) is 2.69. The van der Waals surface area contributed by atoms with Gasteiger partial charge in [-0.05, 0) is 13.3 Å². The van der Waals surface area contributed by atoms with E-state index in [0.29, 0.717) is 6.42 Å². The summed E-state index contributed by atoms with van der Waals surface area (Å²) in [4.78, 5) is 11.0. The van der Waals surface area contributed by atoms with Crippen LogP contribution in [0, 0.1) is 0 Å².